The molecular formula is C19H20ClN4O2S+. The second-order valence-electron chi connectivity index (χ2n) is 5.83. The van der Waals surface area contributed by atoms with Crippen LogP contribution in [-0.4, -0.2) is 37.7 Å². The molecule has 0 radical (unpaired) electrons. The topological polar surface area (TPSA) is 86.4 Å². The first kappa shape index (κ1) is 20.8. The molecule has 2 amide bonds. The fraction of sp³-hybridized carbons (Fsp3) is 0.211. The monoisotopic (exact) mass is 403 g/mol. The Labute approximate surface area is 167 Å². The van der Waals surface area contributed by atoms with E-state index in [-0.39, 0.29) is 24.9 Å². The van der Waals surface area contributed by atoms with Crippen molar-refractivity contribution < 1.29 is 14.5 Å². The molecule has 6 nitrogen and oxygen atoms in total. The number of hydrogen-bond acceptors (Lipinski definition) is 4. The number of carbonyl (C=O) groups excluding carboxylic acids is 2. The summed E-state index contributed by atoms with van der Waals surface area (Å²) in [6.45, 7) is 0.261. The zero-order valence-corrected chi connectivity index (χ0v) is 16.4. The van der Waals surface area contributed by atoms with Crippen molar-refractivity contribution in [2.75, 3.05) is 36.5 Å². The van der Waals surface area contributed by atoms with Crippen molar-refractivity contribution in [3.05, 3.63) is 53.6 Å². The molecule has 0 heterocycles. The summed E-state index contributed by atoms with van der Waals surface area (Å²) in [6.07, 6.45) is 0. The third kappa shape index (κ3) is 6.94. The van der Waals surface area contributed by atoms with Crippen LogP contribution < -0.4 is 15.5 Å². The summed E-state index contributed by atoms with van der Waals surface area (Å²) in [4.78, 5) is 26.0. The Morgan fingerprint density at radius 1 is 1.04 bits per heavy atom. The zero-order chi connectivity index (χ0) is 19.6. The summed E-state index contributed by atoms with van der Waals surface area (Å²) in [7, 11) is 1.77. The van der Waals surface area contributed by atoms with E-state index in [0.717, 1.165) is 9.80 Å². The summed E-state index contributed by atoms with van der Waals surface area (Å²) < 4.78 is 0. The lowest BCUT2D eigenvalue weighted by Crippen LogP contribution is -3.11. The number of benzene rings is 2. The van der Waals surface area contributed by atoms with Crippen molar-refractivity contribution in [3.8, 4) is 6.07 Å². The molecule has 0 aliphatic rings. The van der Waals surface area contributed by atoms with E-state index in [4.69, 9.17) is 16.9 Å². The number of thioether (sulfide) groups is 1. The SMILES string of the molecule is C[NH+](CC(=O)Nc1ccccc1Cl)CC(=O)Nc1ccccc1SCC#N. The minimum atomic E-state index is -0.224. The first-order chi connectivity index (χ1) is 13.0. The van der Waals surface area contributed by atoms with E-state index in [1.807, 2.05) is 18.2 Å². The third-order valence-electron chi connectivity index (χ3n) is 3.53. The highest BCUT2D eigenvalue weighted by molar-refractivity contribution is 7.99. The Hall–Kier alpha value is -2.53. The van der Waals surface area contributed by atoms with Gasteiger partial charge >= 0.3 is 0 Å². The van der Waals surface area contributed by atoms with E-state index in [1.165, 1.54) is 11.8 Å². The molecule has 2 rings (SSSR count). The molecule has 0 spiro atoms. The van der Waals surface area contributed by atoms with E-state index in [0.29, 0.717) is 22.2 Å². The second kappa shape index (κ2) is 10.6. The number of halogens is 1. The smallest absolute Gasteiger partial charge is 0.279 e. The number of likely N-dealkylation sites (N-methyl/N-ethyl adjacent to an activating group) is 1. The number of nitrogens with one attached hydrogen (secondary N) is 3. The van der Waals surface area contributed by atoms with Crippen LogP contribution >= 0.6 is 23.4 Å². The molecule has 0 fully saturated rings. The zero-order valence-electron chi connectivity index (χ0n) is 14.8. The summed E-state index contributed by atoms with van der Waals surface area (Å²) >= 11 is 7.38. The number of hydrogen-bond donors (Lipinski definition) is 3. The van der Waals surface area contributed by atoms with Gasteiger partial charge in [0, 0.05) is 4.90 Å². The first-order valence-electron chi connectivity index (χ1n) is 8.24. The molecule has 3 N–H and O–H groups in total. The van der Waals surface area contributed by atoms with Crippen LogP contribution in [0.4, 0.5) is 11.4 Å². The molecule has 0 saturated carbocycles. The minimum Gasteiger partial charge on any atom is -0.322 e. The number of para-hydroxylation sites is 2. The van der Waals surface area contributed by atoms with Crippen LogP contribution in [0.15, 0.2) is 53.4 Å². The van der Waals surface area contributed by atoms with Crippen LogP contribution in [0.1, 0.15) is 0 Å². The van der Waals surface area contributed by atoms with Crippen LogP contribution in [0.5, 0.6) is 0 Å². The predicted octanol–water partition coefficient (Wildman–Crippen LogP) is 2.05. The Bertz CT molecular complexity index is 854. The molecule has 8 heteroatoms. The lowest BCUT2D eigenvalue weighted by molar-refractivity contribution is -0.862. The van der Waals surface area contributed by atoms with E-state index < -0.39 is 0 Å². The Kier molecular flexibility index (Phi) is 8.14. The molecule has 140 valence electrons. The van der Waals surface area contributed by atoms with Crippen LogP contribution in [0.25, 0.3) is 0 Å². The molecule has 2 aromatic carbocycles. The highest BCUT2D eigenvalue weighted by Crippen LogP contribution is 2.26. The molecular weight excluding hydrogens is 384 g/mol. The number of rotatable bonds is 8. The molecule has 1 atom stereocenters. The maximum atomic E-state index is 12.3. The van der Waals surface area contributed by atoms with Crippen molar-refractivity contribution in [2.24, 2.45) is 0 Å². The summed E-state index contributed by atoms with van der Waals surface area (Å²) in [6, 6.07) is 16.4. The normalized spacial score (nSPS) is 11.3. The predicted molar refractivity (Wildman–Crippen MR) is 108 cm³/mol. The number of nitriles is 1. The van der Waals surface area contributed by atoms with Gasteiger partial charge in [0.05, 0.1) is 35.3 Å². The molecule has 0 saturated heterocycles. The molecule has 0 aromatic heterocycles. The van der Waals surface area contributed by atoms with Gasteiger partial charge in [0.15, 0.2) is 13.1 Å². The van der Waals surface area contributed by atoms with Gasteiger partial charge in [-0.15, -0.1) is 11.8 Å². The third-order valence-corrected chi connectivity index (χ3v) is 4.80. The maximum absolute atomic E-state index is 12.3. The van der Waals surface area contributed by atoms with Crippen LogP contribution in [0.3, 0.4) is 0 Å². The minimum absolute atomic E-state index is 0.128. The average Bonchev–Trinajstić information content (AvgIpc) is 2.62. The number of carbonyl (C=O) groups is 2. The number of amides is 2. The van der Waals surface area contributed by atoms with Crippen LogP contribution in [-0.2, 0) is 9.59 Å². The van der Waals surface area contributed by atoms with Gasteiger partial charge in [-0.2, -0.15) is 5.26 Å². The average molecular weight is 404 g/mol. The number of nitrogens with zero attached hydrogens (tertiary/aromatic N) is 1. The molecule has 27 heavy (non-hydrogen) atoms. The van der Waals surface area contributed by atoms with Gasteiger partial charge in [0.25, 0.3) is 11.8 Å². The number of anilines is 2. The molecule has 0 aliphatic heterocycles. The molecule has 0 aliphatic carbocycles. The highest BCUT2D eigenvalue weighted by Gasteiger charge is 2.16. The summed E-state index contributed by atoms with van der Waals surface area (Å²) in [5.74, 6) is -0.123. The van der Waals surface area contributed by atoms with Gasteiger partial charge in [-0.1, -0.05) is 35.9 Å². The van der Waals surface area contributed by atoms with Gasteiger partial charge in [-0.3, -0.25) is 9.59 Å². The van der Waals surface area contributed by atoms with Crippen molar-refractivity contribution in [1.82, 2.24) is 0 Å². The van der Waals surface area contributed by atoms with Crippen LogP contribution in [0, 0.1) is 11.3 Å². The largest absolute Gasteiger partial charge is 0.322 e. The van der Waals surface area contributed by atoms with Crippen molar-refractivity contribution in [1.29, 1.82) is 5.26 Å². The van der Waals surface area contributed by atoms with E-state index in [9.17, 15) is 9.59 Å². The van der Waals surface area contributed by atoms with E-state index in [1.54, 1.807) is 37.4 Å². The van der Waals surface area contributed by atoms with Gasteiger partial charge in [0.2, 0.25) is 0 Å². The second-order valence-corrected chi connectivity index (χ2v) is 7.25. The van der Waals surface area contributed by atoms with Crippen LogP contribution in [0.2, 0.25) is 5.02 Å². The fourth-order valence-electron chi connectivity index (χ4n) is 2.37. The Balaban J connectivity index is 1.86. The van der Waals surface area contributed by atoms with Gasteiger partial charge in [0.1, 0.15) is 0 Å². The Morgan fingerprint density at radius 2 is 1.59 bits per heavy atom. The lowest BCUT2D eigenvalue weighted by Gasteiger charge is -2.15. The molecule has 0 bridgehead atoms. The van der Waals surface area contributed by atoms with Gasteiger partial charge < -0.3 is 15.5 Å². The summed E-state index contributed by atoms with van der Waals surface area (Å²) in [5.41, 5.74) is 1.21. The van der Waals surface area contributed by atoms with Gasteiger partial charge in [-0.25, -0.2) is 0 Å². The van der Waals surface area contributed by atoms with E-state index in [2.05, 4.69) is 16.7 Å². The molecule has 2 aromatic rings. The van der Waals surface area contributed by atoms with Gasteiger partial charge in [-0.05, 0) is 24.3 Å². The fourth-order valence-corrected chi connectivity index (χ4v) is 3.22. The van der Waals surface area contributed by atoms with Crippen molar-refractivity contribution in [2.45, 2.75) is 4.90 Å². The van der Waals surface area contributed by atoms with E-state index >= 15 is 0 Å². The summed E-state index contributed by atoms with van der Waals surface area (Å²) in [5, 5.41) is 14.8. The van der Waals surface area contributed by atoms with Crippen molar-refractivity contribution in [3.63, 3.8) is 0 Å². The lowest BCUT2D eigenvalue weighted by atomic mass is 10.3. The molecule has 1 unspecified atom stereocenters. The maximum Gasteiger partial charge on any atom is 0.279 e. The highest BCUT2D eigenvalue weighted by atomic mass is 35.5. The standard InChI is InChI=1S/C19H19ClN4O2S/c1-24(12-18(25)22-15-7-3-2-6-14(15)20)13-19(26)23-16-8-4-5-9-17(16)27-11-10-21/h2-9H,11-13H2,1H3,(H,22,25)(H,23,26)/p+1. The first-order valence-corrected chi connectivity index (χ1v) is 9.60. The Morgan fingerprint density at radius 3 is 2.22 bits per heavy atom. The number of quaternary nitrogens is 1. The van der Waals surface area contributed by atoms with Crippen molar-refractivity contribution >= 4 is 46.6 Å². The quantitative estimate of drug-likeness (QED) is 0.589.